The summed E-state index contributed by atoms with van der Waals surface area (Å²) in [6, 6.07) is 6.80. The lowest BCUT2D eigenvalue weighted by Crippen LogP contribution is -2.47. The molecular formula is C10H10BrN3O2S. The summed E-state index contributed by atoms with van der Waals surface area (Å²) < 4.78 is 0.882. The number of carbonyl (C=O) groups is 2. The number of benzene rings is 1. The van der Waals surface area contributed by atoms with Gasteiger partial charge >= 0.3 is 0 Å². The number of carbonyl (C=O) groups excluding carboxylic acids is 2. The first kappa shape index (κ1) is 13.6. The molecule has 0 radical (unpaired) electrons. The lowest BCUT2D eigenvalue weighted by molar-refractivity contribution is -0.119. The molecule has 0 bridgehead atoms. The first-order chi connectivity index (χ1) is 7.99. The number of nitrogens with one attached hydrogen (secondary N) is 3. The number of hydrazine groups is 1. The van der Waals surface area contributed by atoms with Gasteiger partial charge < -0.3 is 0 Å². The van der Waals surface area contributed by atoms with Gasteiger partial charge in [-0.2, -0.15) is 0 Å². The van der Waals surface area contributed by atoms with Crippen molar-refractivity contribution < 1.29 is 9.59 Å². The summed E-state index contributed by atoms with van der Waals surface area (Å²) in [5, 5.41) is 2.46. The maximum Gasteiger partial charge on any atom is 0.257 e. The standard InChI is InChI=1S/C10H10BrN3O2S/c1-6(15)13-14-10(17)12-9(16)7-2-4-8(11)5-3-7/h2-5H,1H3,(H,13,15)(H2,12,14,16,17). The smallest absolute Gasteiger partial charge is 0.257 e. The van der Waals surface area contributed by atoms with E-state index in [-0.39, 0.29) is 16.9 Å². The van der Waals surface area contributed by atoms with Crippen molar-refractivity contribution in [1.29, 1.82) is 0 Å². The first-order valence-corrected chi connectivity index (χ1v) is 5.82. The highest BCUT2D eigenvalue weighted by Gasteiger charge is 2.07. The van der Waals surface area contributed by atoms with Crippen molar-refractivity contribution >= 4 is 45.1 Å². The minimum Gasteiger partial charge on any atom is -0.298 e. The highest BCUT2D eigenvalue weighted by atomic mass is 79.9. The average Bonchev–Trinajstić information content (AvgIpc) is 2.27. The molecule has 0 aliphatic carbocycles. The molecule has 0 aliphatic rings. The number of hydrogen-bond acceptors (Lipinski definition) is 3. The van der Waals surface area contributed by atoms with Crippen LogP contribution in [0.1, 0.15) is 17.3 Å². The Bertz CT molecular complexity index is 447. The Hall–Kier alpha value is -1.47. The van der Waals surface area contributed by atoms with Gasteiger partial charge in [-0.25, -0.2) is 0 Å². The Kier molecular flexibility index (Phi) is 5.05. The van der Waals surface area contributed by atoms with Crippen LogP contribution in [0, 0.1) is 0 Å². The first-order valence-electron chi connectivity index (χ1n) is 4.62. The molecule has 0 saturated carbocycles. The second-order valence-electron chi connectivity index (χ2n) is 3.10. The molecule has 3 N–H and O–H groups in total. The predicted molar refractivity (Wildman–Crippen MR) is 71.2 cm³/mol. The van der Waals surface area contributed by atoms with Gasteiger partial charge in [-0.05, 0) is 36.5 Å². The Morgan fingerprint density at radius 2 is 1.76 bits per heavy atom. The summed E-state index contributed by atoms with van der Waals surface area (Å²) in [4.78, 5) is 22.2. The van der Waals surface area contributed by atoms with E-state index in [2.05, 4.69) is 32.1 Å². The van der Waals surface area contributed by atoms with Crippen LogP contribution in [-0.2, 0) is 4.79 Å². The molecular weight excluding hydrogens is 306 g/mol. The van der Waals surface area contributed by atoms with Crippen LogP contribution in [0.4, 0.5) is 0 Å². The zero-order valence-electron chi connectivity index (χ0n) is 8.91. The Labute approximate surface area is 112 Å². The van der Waals surface area contributed by atoms with Crippen LogP contribution in [0.2, 0.25) is 0 Å². The van der Waals surface area contributed by atoms with E-state index in [0.29, 0.717) is 5.56 Å². The van der Waals surface area contributed by atoms with E-state index >= 15 is 0 Å². The second-order valence-corrected chi connectivity index (χ2v) is 4.42. The Morgan fingerprint density at radius 1 is 1.18 bits per heavy atom. The summed E-state index contributed by atoms with van der Waals surface area (Å²) in [5.41, 5.74) is 5.12. The summed E-state index contributed by atoms with van der Waals surface area (Å²) in [6.07, 6.45) is 0. The van der Waals surface area contributed by atoms with Crippen LogP contribution in [-0.4, -0.2) is 16.9 Å². The predicted octanol–water partition coefficient (Wildman–Crippen LogP) is 1.10. The molecule has 0 heterocycles. The van der Waals surface area contributed by atoms with Crippen molar-refractivity contribution in [2.45, 2.75) is 6.92 Å². The SMILES string of the molecule is CC(=O)NNC(=S)NC(=O)c1ccc(Br)cc1. The molecule has 1 rings (SSSR count). The summed E-state index contributed by atoms with van der Waals surface area (Å²) in [5.74, 6) is -0.648. The van der Waals surface area contributed by atoms with Gasteiger partial charge in [0, 0.05) is 17.0 Å². The van der Waals surface area contributed by atoms with Crippen molar-refractivity contribution in [2.24, 2.45) is 0 Å². The van der Waals surface area contributed by atoms with Crippen LogP contribution in [0.3, 0.4) is 0 Å². The molecule has 0 atom stereocenters. The highest BCUT2D eigenvalue weighted by molar-refractivity contribution is 9.10. The molecule has 0 unspecified atom stereocenters. The minimum atomic E-state index is -0.347. The van der Waals surface area contributed by atoms with E-state index in [1.54, 1.807) is 24.3 Å². The molecule has 0 fully saturated rings. The normalized spacial score (nSPS) is 9.29. The molecule has 1 aromatic rings. The third kappa shape index (κ3) is 4.92. The molecule has 5 nitrogen and oxygen atoms in total. The van der Waals surface area contributed by atoms with Gasteiger partial charge in [0.05, 0.1) is 0 Å². The Morgan fingerprint density at radius 3 is 2.29 bits per heavy atom. The van der Waals surface area contributed by atoms with E-state index in [0.717, 1.165) is 4.47 Å². The third-order valence-electron chi connectivity index (χ3n) is 1.69. The molecule has 1 aromatic carbocycles. The highest BCUT2D eigenvalue weighted by Crippen LogP contribution is 2.10. The van der Waals surface area contributed by atoms with Gasteiger partial charge in [0.15, 0.2) is 5.11 Å². The number of amides is 2. The maximum atomic E-state index is 11.6. The number of thiocarbonyl (C=S) groups is 1. The van der Waals surface area contributed by atoms with E-state index in [9.17, 15) is 9.59 Å². The van der Waals surface area contributed by atoms with Crippen LogP contribution in [0.5, 0.6) is 0 Å². The van der Waals surface area contributed by atoms with Gasteiger partial charge in [0.2, 0.25) is 5.91 Å². The summed E-state index contributed by atoms with van der Waals surface area (Å²) in [7, 11) is 0. The van der Waals surface area contributed by atoms with Crippen LogP contribution >= 0.6 is 28.1 Å². The summed E-state index contributed by atoms with van der Waals surface area (Å²) >= 11 is 8.08. The topological polar surface area (TPSA) is 70.2 Å². The van der Waals surface area contributed by atoms with Crippen molar-refractivity contribution in [1.82, 2.24) is 16.2 Å². The van der Waals surface area contributed by atoms with E-state index < -0.39 is 0 Å². The van der Waals surface area contributed by atoms with Gasteiger partial charge in [0.1, 0.15) is 0 Å². The monoisotopic (exact) mass is 315 g/mol. The molecule has 2 amide bonds. The molecule has 0 aliphatic heterocycles. The molecule has 7 heteroatoms. The van der Waals surface area contributed by atoms with Crippen LogP contribution in [0.15, 0.2) is 28.7 Å². The minimum absolute atomic E-state index is 0.0353. The van der Waals surface area contributed by atoms with E-state index in [1.165, 1.54) is 6.92 Å². The maximum absolute atomic E-state index is 11.6. The fourth-order valence-electron chi connectivity index (χ4n) is 0.953. The number of rotatable bonds is 1. The lowest BCUT2D eigenvalue weighted by atomic mass is 10.2. The molecule has 0 spiro atoms. The third-order valence-corrected chi connectivity index (χ3v) is 2.42. The van der Waals surface area contributed by atoms with Crippen LogP contribution < -0.4 is 16.2 Å². The van der Waals surface area contributed by atoms with Gasteiger partial charge in [0.25, 0.3) is 5.91 Å². The molecule has 90 valence electrons. The zero-order chi connectivity index (χ0) is 12.8. The zero-order valence-corrected chi connectivity index (χ0v) is 11.3. The lowest BCUT2D eigenvalue weighted by Gasteiger charge is -2.09. The van der Waals surface area contributed by atoms with Gasteiger partial charge in [-0.15, -0.1) is 0 Å². The Balaban J connectivity index is 2.51. The van der Waals surface area contributed by atoms with E-state index in [4.69, 9.17) is 12.2 Å². The summed E-state index contributed by atoms with van der Waals surface area (Å²) in [6.45, 7) is 1.33. The van der Waals surface area contributed by atoms with Gasteiger partial charge in [-0.3, -0.25) is 25.8 Å². The second kappa shape index (κ2) is 6.31. The van der Waals surface area contributed by atoms with Crippen molar-refractivity contribution in [3.63, 3.8) is 0 Å². The van der Waals surface area contributed by atoms with Crippen molar-refractivity contribution in [3.8, 4) is 0 Å². The van der Waals surface area contributed by atoms with Crippen LogP contribution in [0.25, 0.3) is 0 Å². The molecule has 0 aromatic heterocycles. The number of halogens is 1. The average molecular weight is 316 g/mol. The quantitative estimate of drug-likeness (QED) is 0.536. The fourth-order valence-corrected chi connectivity index (χ4v) is 1.36. The van der Waals surface area contributed by atoms with Gasteiger partial charge in [-0.1, -0.05) is 15.9 Å². The molecule has 17 heavy (non-hydrogen) atoms. The van der Waals surface area contributed by atoms with Crippen molar-refractivity contribution in [3.05, 3.63) is 34.3 Å². The fraction of sp³-hybridized carbons (Fsp3) is 0.100. The van der Waals surface area contributed by atoms with E-state index in [1.807, 2.05) is 0 Å². The molecule has 0 saturated heterocycles. The largest absolute Gasteiger partial charge is 0.298 e. The number of hydrogen-bond donors (Lipinski definition) is 3. The van der Waals surface area contributed by atoms with Crippen molar-refractivity contribution in [2.75, 3.05) is 0 Å².